The number of hydrogen-bond donors (Lipinski definition) is 0. The summed E-state index contributed by atoms with van der Waals surface area (Å²) in [6, 6.07) is 10.5. The van der Waals surface area contributed by atoms with Gasteiger partial charge in [-0.05, 0) is 50.0 Å². The van der Waals surface area contributed by atoms with Crippen LogP contribution in [0.25, 0.3) is 0 Å². The number of benzene rings is 1. The minimum Gasteiger partial charge on any atom is -0.298 e. The molecule has 0 saturated heterocycles. The number of rotatable bonds is 4. The molecule has 0 radical (unpaired) electrons. The van der Waals surface area contributed by atoms with Crippen molar-refractivity contribution in [3.8, 4) is 0 Å². The molecule has 1 aromatic carbocycles. The van der Waals surface area contributed by atoms with Gasteiger partial charge in [0.2, 0.25) is 0 Å². The third-order valence-corrected chi connectivity index (χ3v) is 5.80. The summed E-state index contributed by atoms with van der Waals surface area (Å²) in [5, 5.41) is 0. The highest BCUT2D eigenvalue weighted by molar-refractivity contribution is 5.93. The van der Waals surface area contributed by atoms with Gasteiger partial charge in [0.05, 0.1) is 5.41 Å². The molecule has 0 aromatic heterocycles. The third-order valence-electron chi connectivity index (χ3n) is 5.80. The summed E-state index contributed by atoms with van der Waals surface area (Å²) in [6.45, 7) is 2.28. The topological polar surface area (TPSA) is 17.1 Å². The number of ketones is 1. The Labute approximate surface area is 122 Å². The van der Waals surface area contributed by atoms with Crippen LogP contribution in [-0.2, 0) is 10.2 Å². The third kappa shape index (κ3) is 2.32. The van der Waals surface area contributed by atoms with Crippen molar-refractivity contribution in [2.45, 2.75) is 63.7 Å². The molecule has 0 bridgehead atoms. The van der Waals surface area contributed by atoms with Crippen LogP contribution < -0.4 is 0 Å². The van der Waals surface area contributed by atoms with Crippen molar-refractivity contribution in [3.63, 3.8) is 0 Å². The van der Waals surface area contributed by atoms with Crippen LogP contribution in [0.5, 0.6) is 0 Å². The maximum absolute atomic E-state index is 13.1. The second-order valence-electron chi connectivity index (χ2n) is 6.79. The van der Waals surface area contributed by atoms with Gasteiger partial charge in [-0.1, -0.05) is 50.1 Å². The molecule has 0 amide bonds. The van der Waals surface area contributed by atoms with Gasteiger partial charge in [-0.2, -0.15) is 0 Å². The highest BCUT2D eigenvalue weighted by atomic mass is 16.1. The van der Waals surface area contributed by atoms with Gasteiger partial charge < -0.3 is 0 Å². The van der Waals surface area contributed by atoms with Crippen molar-refractivity contribution in [2.24, 2.45) is 11.8 Å². The van der Waals surface area contributed by atoms with Crippen LogP contribution in [0.4, 0.5) is 0 Å². The Morgan fingerprint density at radius 3 is 2.25 bits per heavy atom. The normalized spacial score (nSPS) is 28.6. The quantitative estimate of drug-likeness (QED) is 0.761. The van der Waals surface area contributed by atoms with E-state index in [0.717, 1.165) is 31.6 Å². The van der Waals surface area contributed by atoms with E-state index < -0.39 is 0 Å². The van der Waals surface area contributed by atoms with Gasteiger partial charge in [0, 0.05) is 5.92 Å². The Morgan fingerprint density at radius 1 is 1.10 bits per heavy atom. The SMILES string of the molecule is CCC1CCC(C(=O)C2(c3ccccc3)CCC2)CC1. The molecule has 0 atom stereocenters. The molecule has 108 valence electrons. The van der Waals surface area contributed by atoms with Gasteiger partial charge in [0.15, 0.2) is 0 Å². The van der Waals surface area contributed by atoms with Gasteiger partial charge in [0.1, 0.15) is 5.78 Å². The van der Waals surface area contributed by atoms with Crippen molar-refractivity contribution < 1.29 is 4.79 Å². The van der Waals surface area contributed by atoms with Gasteiger partial charge in [-0.25, -0.2) is 0 Å². The zero-order chi connectivity index (χ0) is 14.0. The van der Waals surface area contributed by atoms with E-state index in [2.05, 4.69) is 31.2 Å². The first-order valence-corrected chi connectivity index (χ1v) is 8.36. The smallest absolute Gasteiger partial charge is 0.146 e. The van der Waals surface area contributed by atoms with Crippen LogP contribution in [0, 0.1) is 11.8 Å². The molecule has 0 heterocycles. The van der Waals surface area contributed by atoms with Crippen LogP contribution in [0.3, 0.4) is 0 Å². The van der Waals surface area contributed by atoms with Crippen LogP contribution in [0.15, 0.2) is 30.3 Å². The fraction of sp³-hybridized carbons (Fsp3) is 0.632. The van der Waals surface area contributed by atoms with Crippen LogP contribution in [0.2, 0.25) is 0 Å². The fourth-order valence-corrected chi connectivity index (χ4v) is 4.19. The van der Waals surface area contributed by atoms with E-state index in [1.165, 1.54) is 31.2 Å². The number of Topliss-reactive ketones (excluding diaryl/α,β-unsaturated/α-hetero) is 1. The molecule has 2 aliphatic rings. The largest absolute Gasteiger partial charge is 0.298 e. The first-order chi connectivity index (χ1) is 9.76. The summed E-state index contributed by atoms with van der Waals surface area (Å²) in [6.07, 6.45) is 9.43. The summed E-state index contributed by atoms with van der Waals surface area (Å²) >= 11 is 0. The fourth-order valence-electron chi connectivity index (χ4n) is 4.19. The van der Waals surface area contributed by atoms with E-state index in [0.29, 0.717) is 11.7 Å². The average Bonchev–Trinajstić information content (AvgIpc) is 2.47. The zero-order valence-electron chi connectivity index (χ0n) is 12.6. The second kappa shape index (κ2) is 5.71. The molecule has 1 aromatic rings. The van der Waals surface area contributed by atoms with Gasteiger partial charge in [-0.15, -0.1) is 0 Å². The van der Waals surface area contributed by atoms with Gasteiger partial charge in [-0.3, -0.25) is 4.79 Å². The molecule has 0 aliphatic heterocycles. The standard InChI is InChI=1S/C19H26O/c1-2-15-9-11-16(12-10-15)18(20)19(13-6-14-19)17-7-4-3-5-8-17/h3-5,7-8,15-16H,2,6,9-14H2,1H3. The van der Waals surface area contributed by atoms with Crippen LogP contribution >= 0.6 is 0 Å². The van der Waals surface area contributed by atoms with Crippen molar-refractivity contribution in [3.05, 3.63) is 35.9 Å². The Hall–Kier alpha value is -1.11. The molecule has 0 N–H and O–H groups in total. The predicted octanol–water partition coefficient (Wildman–Crippen LogP) is 4.89. The molecule has 2 saturated carbocycles. The lowest BCUT2D eigenvalue weighted by molar-refractivity contribution is -0.133. The first kappa shape index (κ1) is 13.9. The molecule has 0 spiro atoms. The highest BCUT2D eigenvalue weighted by Gasteiger charge is 2.47. The lowest BCUT2D eigenvalue weighted by atomic mass is 9.58. The minimum atomic E-state index is -0.120. The summed E-state index contributed by atoms with van der Waals surface area (Å²) in [5.74, 6) is 1.76. The maximum Gasteiger partial charge on any atom is 0.146 e. The van der Waals surface area contributed by atoms with Gasteiger partial charge in [0.25, 0.3) is 0 Å². The maximum atomic E-state index is 13.1. The Kier molecular flexibility index (Phi) is 3.96. The number of carbonyl (C=O) groups is 1. The van der Waals surface area contributed by atoms with E-state index >= 15 is 0 Å². The van der Waals surface area contributed by atoms with E-state index in [1.807, 2.05) is 6.07 Å². The minimum absolute atomic E-state index is 0.120. The van der Waals surface area contributed by atoms with E-state index in [9.17, 15) is 4.79 Å². The summed E-state index contributed by atoms with van der Waals surface area (Å²) < 4.78 is 0. The van der Waals surface area contributed by atoms with Crippen molar-refractivity contribution in [1.29, 1.82) is 0 Å². The Balaban J connectivity index is 1.75. The summed E-state index contributed by atoms with van der Waals surface area (Å²) in [4.78, 5) is 13.1. The predicted molar refractivity (Wildman–Crippen MR) is 82.7 cm³/mol. The Morgan fingerprint density at radius 2 is 1.75 bits per heavy atom. The van der Waals surface area contributed by atoms with Crippen LogP contribution in [0.1, 0.15) is 63.9 Å². The van der Waals surface area contributed by atoms with Crippen molar-refractivity contribution in [1.82, 2.24) is 0 Å². The first-order valence-electron chi connectivity index (χ1n) is 8.36. The number of hydrogen-bond acceptors (Lipinski definition) is 1. The average molecular weight is 270 g/mol. The van der Waals surface area contributed by atoms with Crippen LogP contribution in [-0.4, -0.2) is 5.78 Å². The molecule has 0 unspecified atom stereocenters. The van der Waals surface area contributed by atoms with E-state index in [1.54, 1.807) is 0 Å². The van der Waals surface area contributed by atoms with Gasteiger partial charge >= 0.3 is 0 Å². The summed E-state index contributed by atoms with van der Waals surface area (Å²) in [7, 11) is 0. The van der Waals surface area contributed by atoms with Crippen molar-refractivity contribution >= 4 is 5.78 Å². The molecule has 1 heteroatoms. The molecular formula is C19H26O. The monoisotopic (exact) mass is 270 g/mol. The molecule has 20 heavy (non-hydrogen) atoms. The highest BCUT2D eigenvalue weighted by Crippen LogP contribution is 2.48. The zero-order valence-corrected chi connectivity index (χ0v) is 12.6. The lowest BCUT2D eigenvalue weighted by Gasteiger charge is -2.44. The molecule has 1 nitrogen and oxygen atoms in total. The molecular weight excluding hydrogens is 244 g/mol. The molecule has 2 fully saturated rings. The lowest BCUT2D eigenvalue weighted by Crippen LogP contribution is -2.46. The molecule has 2 aliphatic carbocycles. The van der Waals surface area contributed by atoms with Crippen molar-refractivity contribution in [2.75, 3.05) is 0 Å². The molecule has 3 rings (SSSR count). The van der Waals surface area contributed by atoms with E-state index in [4.69, 9.17) is 0 Å². The Bertz CT molecular complexity index is 450. The second-order valence-corrected chi connectivity index (χ2v) is 6.79. The number of carbonyl (C=O) groups excluding carboxylic acids is 1. The van der Waals surface area contributed by atoms with E-state index in [-0.39, 0.29) is 5.41 Å². The summed E-state index contributed by atoms with van der Waals surface area (Å²) in [5.41, 5.74) is 1.15.